The fraction of sp³-hybridized carbons (Fsp3) is 0.357. The van der Waals surface area contributed by atoms with Crippen LogP contribution in [-0.2, 0) is 4.79 Å². The van der Waals surface area contributed by atoms with Crippen LogP contribution in [0.25, 0.3) is 11.0 Å². The molecule has 2 rings (SSSR count). The minimum atomic E-state index is -0.0605. The molecule has 0 saturated carbocycles. The summed E-state index contributed by atoms with van der Waals surface area (Å²) in [7, 11) is 0. The van der Waals surface area contributed by atoms with Crippen molar-refractivity contribution in [3.8, 4) is 0 Å². The van der Waals surface area contributed by atoms with Crippen LogP contribution in [-0.4, -0.2) is 15.9 Å². The Bertz CT molecular complexity index is 605. The molecule has 0 aromatic carbocycles. The molecule has 0 fully saturated rings. The quantitative estimate of drug-likeness (QED) is 0.882. The van der Waals surface area contributed by atoms with Gasteiger partial charge in [0, 0.05) is 17.0 Å². The SMILES string of the molecule is Cc1cc(C)c2ccc(NC(=O)C(C)C)nc2n1. The van der Waals surface area contributed by atoms with Gasteiger partial charge in [0.05, 0.1) is 0 Å². The highest BCUT2D eigenvalue weighted by Crippen LogP contribution is 2.18. The van der Waals surface area contributed by atoms with E-state index in [0.717, 1.165) is 16.6 Å². The van der Waals surface area contributed by atoms with E-state index in [2.05, 4.69) is 15.3 Å². The summed E-state index contributed by atoms with van der Waals surface area (Å²) in [6, 6.07) is 5.78. The highest BCUT2D eigenvalue weighted by atomic mass is 16.1. The summed E-state index contributed by atoms with van der Waals surface area (Å²) in [5.74, 6) is 0.458. The molecule has 0 spiro atoms. The summed E-state index contributed by atoms with van der Waals surface area (Å²) >= 11 is 0. The van der Waals surface area contributed by atoms with Crippen LogP contribution in [0.2, 0.25) is 0 Å². The molecular weight excluding hydrogens is 226 g/mol. The first-order valence-electron chi connectivity index (χ1n) is 6.03. The van der Waals surface area contributed by atoms with E-state index in [1.807, 2.05) is 45.9 Å². The van der Waals surface area contributed by atoms with Crippen LogP contribution in [0.3, 0.4) is 0 Å². The number of fused-ring (bicyclic) bond motifs is 1. The van der Waals surface area contributed by atoms with E-state index < -0.39 is 0 Å². The Kier molecular flexibility index (Phi) is 3.28. The van der Waals surface area contributed by atoms with Crippen molar-refractivity contribution < 1.29 is 4.79 Å². The van der Waals surface area contributed by atoms with Crippen LogP contribution in [0, 0.1) is 19.8 Å². The number of nitrogens with zero attached hydrogens (tertiary/aromatic N) is 2. The van der Waals surface area contributed by atoms with E-state index in [4.69, 9.17) is 0 Å². The van der Waals surface area contributed by atoms with Crippen LogP contribution in [0.15, 0.2) is 18.2 Å². The van der Waals surface area contributed by atoms with Gasteiger partial charge in [-0.2, -0.15) is 0 Å². The van der Waals surface area contributed by atoms with E-state index in [1.165, 1.54) is 0 Å². The molecule has 94 valence electrons. The minimum Gasteiger partial charge on any atom is -0.310 e. The lowest BCUT2D eigenvalue weighted by Gasteiger charge is -2.08. The molecule has 4 nitrogen and oxygen atoms in total. The Morgan fingerprint density at radius 2 is 1.94 bits per heavy atom. The second-order valence-electron chi connectivity index (χ2n) is 4.79. The minimum absolute atomic E-state index is 0.0359. The highest BCUT2D eigenvalue weighted by Gasteiger charge is 2.09. The van der Waals surface area contributed by atoms with Crippen molar-refractivity contribution >= 4 is 22.8 Å². The first-order valence-corrected chi connectivity index (χ1v) is 6.03. The molecule has 0 unspecified atom stereocenters. The monoisotopic (exact) mass is 243 g/mol. The zero-order valence-corrected chi connectivity index (χ0v) is 11.1. The van der Waals surface area contributed by atoms with Gasteiger partial charge in [0.2, 0.25) is 5.91 Å². The second-order valence-corrected chi connectivity index (χ2v) is 4.79. The summed E-state index contributed by atoms with van der Waals surface area (Å²) in [5.41, 5.74) is 2.75. The molecule has 0 aliphatic heterocycles. The van der Waals surface area contributed by atoms with Gasteiger partial charge >= 0.3 is 0 Å². The normalized spacial score (nSPS) is 10.9. The third kappa shape index (κ3) is 2.47. The first-order chi connectivity index (χ1) is 8.47. The van der Waals surface area contributed by atoms with Crippen molar-refractivity contribution in [1.82, 2.24) is 9.97 Å². The van der Waals surface area contributed by atoms with Crippen molar-refractivity contribution in [3.63, 3.8) is 0 Å². The number of nitrogens with one attached hydrogen (secondary N) is 1. The van der Waals surface area contributed by atoms with Gasteiger partial charge in [-0.15, -0.1) is 0 Å². The molecule has 1 amide bonds. The number of rotatable bonds is 2. The van der Waals surface area contributed by atoms with E-state index in [-0.39, 0.29) is 11.8 Å². The number of anilines is 1. The number of aryl methyl sites for hydroxylation is 2. The van der Waals surface area contributed by atoms with Crippen LogP contribution >= 0.6 is 0 Å². The predicted octanol–water partition coefficient (Wildman–Crippen LogP) is 2.84. The van der Waals surface area contributed by atoms with E-state index in [0.29, 0.717) is 11.5 Å². The van der Waals surface area contributed by atoms with E-state index in [1.54, 1.807) is 0 Å². The van der Waals surface area contributed by atoms with Gasteiger partial charge in [-0.3, -0.25) is 4.79 Å². The number of hydrogen-bond donors (Lipinski definition) is 1. The van der Waals surface area contributed by atoms with Crippen LogP contribution in [0.5, 0.6) is 0 Å². The number of aromatic nitrogens is 2. The molecule has 0 aliphatic carbocycles. The maximum Gasteiger partial charge on any atom is 0.228 e. The maximum absolute atomic E-state index is 11.6. The molecule has 18 heavy (non-hydrogen) atoms. The number of carbonyl (C=O) groups excluding carboxylic acids is 1. The number of pyridine rings is 2. The number of hydrogen-bond acceptors (Lipinski definition) is 3. The van der Waals surface area contributed by atoms with Crippen LogP contribution in [0.1, 0.15) is 25.1 Å². The Balaban J connectivity index is 2.41. The van der Waals surface area contributed by atoms with Crippen LogP contribution < -0.4 is 5.32 Å². The lowest BCUT2D eigenvalue weighted by molar-refractivity contribution is -0.118. The Morgan fingerprint density at radius 1 is 1.22 bits per heavy atom. The molecule has 2 heterocycles. The predicted molar refractivity (Wildman–Crippen MR) is 72.5 cm³/mol. The summed E-state index contributed by atoms with van der Waals surface area (Å²) < 4.78 is 0. The van der Waals surface area contributed by atoms with E-state index >= 15 is 0 Å². The van der Waals surface area contributed by atoms with Crippen molar-refractivity contribution in [1.29, 1.82) is 0 Å². The van der Waals surface area contributed by atoms with E-state index in [9.17, 15) is 4.79 Å². The zero-order chi connectivity index (χ0) is 13.3. The zero-order valence-electron chi connectivity index (χ0n) is 11.1. The Hall–Kier alpha value is -1.97. The van der Waals surface area contributed by atoms with Gasteiger partial charge < -0.3 is 5.32 Å². The van der Waals surface area contributed by atoms with Crippen molar-refractivity contribution in [2.24, 2.45) is 5.92 Å². The lowest BCUT2D eigenvalue weighted by Crippen LogP contribution is -2.18. The van der Waals surface area contributed by atoms with Crippen LogP contribution in [0.4, 0.5) is 5.82 Å². The summed E-state index contributed by atoms with van der Waals surface area (Å²) in [4.78, 5) is 20.4. The molecule has 2 aromatic heterocycles. The smallest absolute Gasteiger partial charge is 0.228 e. The molecule has 0 bridgehead atoms. The summed E-state index contributed by atoms with van der Waals surface area (Å²) in [6.07, 6.45) is 0. The average Bonchev–Trinajstić information content (AvgIpc) is 2.27. The van der Waals surface area contributed by atoms with Crippen molar-refractivity contribution in [3.05, 3.63) is 29.5 Å². The van der Waals surface area contributed by atoms with Gasteiger partial charge in [-0.05, 0) is 37.6 Å². The molecule has 0 atom stereocenters. The van der Waals surface area contributed by atoms with Gasteiger partial charge in [-0.25, -0.2) is 9.97 Å². The van der Waals surface area contributed by atoms with Gasteiger partial charge in [0.25, 0.3) is 0 Å². The molecule has 0 radical (unpaired) electrons. The fourth-order valence-corrected chi connectivity index (χ4v) is 1.77. The molecule has 2 aromatic rings. The molecule has 1 N–H and O–H groups in total. The van der Waals surface area contributed by atoms with Gasteiger partial charge in [0.15, 0.2) is 5.65 Å². The number of carbonyl (C=O) groups is 1. The Morgan fingerprint density at radius 3 is 2.61 bits per heavy atom. The van der Waals surface area contributed by atoms with Gasteiger partial charge in [-0.1, -0.05) is 13.8 Å². The number of amides is 1. The third-order valence-electron chi connectivity index (χ3n) is 2.78. The molecule has 0 aliphatic rings. The standard InChI is InChI=1S/C14H17N3O/c1-8(2)14(18)17-12-6-5-11-9(3)7-10(4)15-13(11)16-12/h5-8H,1-4H3,(H,15,16,17,18). The third-order valence-corrected chi connectivity index (χ3v) is 2.78. The topological polar surface area (TPSA) is 54.9 Å². The largest absolute Gasteiger partial charge is 0.310 e. The molecular formula is C14H17N3O. The second kappa shape index (κ2) is 4.72. The summed E-state index contributed by atoms with van der Waals surface area (Å²) in [6.45, 7) is 7.67. The van der Waals surface area contributed by atoms with Gasteiger partial charge in [0.1, 0.15) is 5.82 Å². The fourth-order valence-electron chi connectivity index (χ4n) is 1.77. The maximum atomic E-state index is 11.6. The lowest BCUT2D eigenvalue weighted by atomic mass is 10.1. The molecule has 4 heteroatoms. The Labute approximate surface area is 106 Å². The molecule has 0 saturated heterocycles. The summed E-state index contributed by atoms with van der Waals surface area (Å²) in [5, 5.41) is 3.80. The first kappa shape index (κ1) is 12.5. The van der Waals surface area contributed by atoms with Crippen molar-refractivity contribution in [2.75, 3.05) is 5.32 Å². The van der Waals surface area contributed by atoms with Crippen molar-refractivity contribution in [2.45, 2.75) is 27.7 Å². The highest BCUT2D eigenvalue weighted by molar-refractivity contribution is 5.92. The average molecular weight is 243 g/mol.